The second-order valence-electron chi connectivity index (χ2n) is 8.71. The van der Waals surface area contributed by atoms with Crippen LogP contribution in [0, 0.1) is 12.8 Å². The monoisotopic (exact) mass is 447 g/mol. The van der Waals surface area contributed by atoms with Crippen LogP contribution in [-0.4, -0.2) is 30.9 Å². The molecule has 2 atom stereocenters. The topological polar surface area (TPSA) is 89.6 Å². The van der Waals surface area contributed by atoms with E-state index in [-0.39, 0.29) is 17.6 Å². The maximum Gasteiger partial charge on any atom is 0.255 e. The predicted molar refractivity (Wildman–Crippen MR) is 126 cm³/mol. The normalized spacial score (nSPS) is 20.2. The number of amides is 1. The number of anilines is 1. The summed E-state index contributed by atoms with van der Waals surface area (Å²) in [5.74, 6) is 1.04. The number of allylic oxidation sites excluding steroid dienone is 3. The van der Waals surface area contributed by atoms with Gasteiger partial charge in [-0.15, -0.1) is 0 Å². The number of ketones is 1. The van der Waals surface area contributed by atoms with Crippen molar-refractivity contribution in [3.63, 3.8) is 0 Å². The zero-order valence-corrected chi connectivity index (χ0v) is 19.6. The molecule has 7 heteroatoms. The molecule has 2 aromatic rings. The van der Waals surface area contributed by atoms with Gasteiger partial charge >= 0.3 is 0 Å². The van der Waals surface area contributed by atoms with E-state index in [0.717, 1.165) is 23.2 Å². The summed E-state index contributed by atoms with van der Waals surface area (Å²) in [5, 5.41) is 6.26. The van der Waals surface area contributed by atoms with Crippen LogP contribution in [0.25, 0.3) is 0 Å². The Hall–Kier alpha value is -3.61. The van der Waals surface area contributed by atoms with E-state index in [1.807, 2.05) is 26.0 Å². The van der Waals surface area contributed by atoms with Gasteiger partial charge in [0.15, 0.2) is 5.78 Å². The minimum Gasteiger partial charge on any atom is -0.497 e. The number of dihydropyridines is 1. The van der Waals surface area contributed by atoms with E-state index in [9.17, 15) is 9.59 Å². The summed E-state index contributed by atoms with van der Waals surface area (Å²) >= 11 is 0. The van der Waals surface area contributed by atoms with E-state index in [1.165, 1.54) is 0 Å². The van der Waals surface area contributed by atoms with Gasteiger partial charge in [0, 0.05) is 40.7 Å². The van der Waals surface area contributed by atoms with E-state index < -0.39 is 5.92 Å². The lowest BCUT2D eigenvalue weighted by molar-refractivity contribution is -0.117. The van der Waals surface area contributed by atoms with Crippen molar-refractivity contribution in [1.82, 2.24) is 10.3 Å². The number of ether oxygens (including phenoxy) is 2. The molecule has 172 valence electrons. The highest BCUT2D eigenvalue weighted by molar-refractivity contribution is 6.09. The third-order valence-corrected chi connectivity index (χ3v) is 6.18. The number of benzene rings is 1. The first kappa shape index (κ1) is 22.6. The average molecular weight is 448 g/mol. The van der Waals surface area contributed by atoms with Crippen LogP contribution in [-0.2, 0) is 9.59 Å². The number of rotatable bonds is 5. The first-order valence-corrected chi connectivity index (χ1v) is 11.0. The highest BCUT2D eigenvalue weighted by atomic mass is 16.5. The number of pyridine rings is 1. The molecule has 4 rings (SSSR count). The van der Waals surface area contributed by atoms with Crippen LogP contribution in [0.1, 0.15) is 43.7 Å². The minimum atomic E-state index is -0.586. The van der Waals surface area contributed by atoms with Crippen molar-refractivity contribution in [1.29, 1.82) is 0 Å². The number of hydrogen-bond acceptors (Lipinski definition) is 6. The molecule has 2 N–H and O–H groups in total. The van der Waals surface area contributed by atoms with Crippen molar-refractivity contribution >= 4 is 17.5 Å². The fourth-order valence-corrected chi connectivity index (χ4v) is 4.64. The van der Waals surface area contributed by atoms with E-state index >= 15 is 0 Å². The third kappa shape index (κ3) is 4.35. The number of nitrogens with zero attached hydrogens (tertiary/aromatic N) is 1. The van der Waals surface area contributed by atoms with E-state index in [1.54, 1.807) is 38.6 Å². The van der Waals surface area contributed by atoms with E-state index in [4.69, 9.17) is 9.47 Å². The quantitative estimate of drug-likeness (QED) is 0.712. The summed E-state index contributed by atoms with van der Waals surface area (Å²) < 4.78 is 11.1. The Balaban J connectivity index is 1.86. The Labute approximate surface area is 193 Å². The van der Waals surface area contributed by atoms with E-state index in [2.05, 4.69) is 22.5 Å². The standard InChI is InChI=1S/C26H29N3O4/c1-14-6-9-22(27-13-14)29-26(31)23-16(3)28-19-10-15(2)11-20(30)25(19)24(23)18-12-17(32-4)7-8-21(18)33-5/h6-9,12-13,15,24,28H,10-11H2,1-5H3,(H,27,29,31)/t15-,24-/m0/s1. The van der Waals surface area contributed by atoms with Crippen LogP contribution in [0.15, 0.2) is 59.1 Å². The molecule has 2 aliphatic rings. The predicted octanol–water partition coefficient (Wildman–Crippen LogP) is 4.26. The molecule has 1 amide bonds. The number of Topliss-reactive ketones (excluding diaryl/α,β-unsaturated/α-hetero) is 1. The van der Waals surface area contributed by atoms with Gasteiger partial charge in [-0.2, -0.15) is 0 Å². The molecular formula is C26H29N3O4. The lowest BCUT2D eigenvalue weighted by atomic mass is 9.72. The Kier molecular flexibility index (Phi) is 6.22. The largest absolute Gasteiger partial charge is 0.497 e. The smallest absolute Gasteiger partial charge is 0.255 e. The first-order chi connectivity index (χ1) is 15.8. The van der Waals surface area contributed by atoms with Gasteiger partial charge in [-0.05, 0) is 56.0 Å². The number of carbonyl (C=O) groups excluding carboxylic acids is 2. The fraction of sp³-hybridized carbons (Fsp3) is 0.346. The number of aryl methyl sites for hydroxylation is 1. The summed E-state index contributed by atoms with van der Waals surface area (Å²) in [4.78, 5) is 31.2. The molecule has 7 nitrogen and oxygen atoms in total. The molecule has 1 aliphatic heterocycles. The van der Waals surface area contributed by atoms with Gasteiger partial charge in [-0.1, -0.05) is 13.0 Å². The Morgan fingerprint density at radius 1 is 1.12 bits per heavy atom. The Bertz CT molecular complexity index is 1160. The van der Waals surface area contributed by atoms with Gasteiger partial charge in [-0.25, -0.2) is 4.98 Å². The molecule has 1 aliphatic carbocycles. The maximum atomic E-state index is 13.6. The molecule has 0 unspecified atom stereocenters. The molecular weight excluding hydrogens is 418 g/mol. The zero-order chi connectivity index (χ0) is 23.7. The van der Waals surface area contributed by atoms with Crippen LogP contribution in [0.2, 0.25) is 0 Å². The number of aromatic nitrogens is 1. The molecule has 0 saturated heterocycles. The SMILES string of the molecule is COc1ccc(OC)c([C@H]2C(C(=O)Nc3ccc(C)cn3)=C(C)NC3=C2C(=O)C[C@@H](C)C3)c1. The summed E-state index contributed by atoms with van der Waals surface area (Å²) in [6, 6.07) is 9.10. The Morgan fingerprint density at radius 2 is 1.91 bits per heavy atom. The molecule has 33 heavy (non-hydrogen) atoms. The number of carbonyl (C=O) groups is 2. The zero-order valence-electron chi connectivity index (χ0n) is 19.6. The fourth-order valence-electron chi connectivity index (χ4n) is 4.64. The van der Waals surface area contributed by atoms with E-state index in [0.29, 0.717) is 40.6 Å². The summed E-state index contributed by atoms with van der Waals surface area (Å²) in [6.45, 7) is 5.87. The second kappa shape index (κ2) is 9.10. The molecule has 1 aromatic carbocycles. The van der Waals surface area contributed by atoms with Gasteiger partial charge < -0.3 is 20.1 Å². The summed E-state index contributed by atoms with van der Waals surface area (Å²) in [6.07, 6.45) is 2.89. The van der Waals surface area contributed by atoms with Crippen molar-refractivity contribution < 1.29 is 19.1 Å². The molecule has 0 bridgehead atoms. The summed E-state index contributed by atoms with van der Waals surface area (Å²) in [7, 11) is 3.17. The van der Waals surface area contributed by atoms with Crippen LogP contribution in [0.5, 0.6) is 11.5 Å². The van der Waals surface area contributed by atoms with Gasteiger partial charge in [0.25, 0.3) is 5.91 Å². The van der Waals surface area contributed by atoms with Crippen molar-refractivity contribution in [3.05, 3.63) is 70.2 Å². The van der Waals surface area contributed by atoms with Gasteiger partial charge in [0.2, 0.25) is 0 Å². The molecule has 1 aromatic heterocycles. The lowest BCUT2D eigenvalue weighted by Crippen LogP contribution is -2.37. The molecule has 0 radical (unpaired) electrons. The second-order valence-corrected chi connectivity index (χ2v) is 8.71. The maximum absolute atomic E-state index is 13.6. The average Bonchev–Trinajstić information content (AvgIpc) is 2.78. The van der Waals surface area contributed by atoms with Crippen molar-refractivity contribution in [2.75, 3.05) is 19.5 Å². The molecule has 0 fully saturated rings. The highest BCUT2D eigenvalue weighted by Crippen LogP contribution is 2.46. The number of nitrogens with one attached hydrogen (secondary N) is 2. The van der Waals surface area contributed by atoms with Gasteiger partial charge in [-0.3, -0.25) is 9.59 Å². The van der Waals surface area contributed by atoms with Crippen LogP contribution in [0.3, 0.4) is 0 Å². The lowest BCUT2D eigenvalue weighted by Gasteiger charge is -2.36. The Morgan fingerprint density at radius 3 is 2.58 bits per heavy atom. The molecule has 0 saturated carbocycles. The van der Waals surface area contributed by atoms with Crippen LogP contribution < -0.4 is 20.1 Å². The third-order valence-electron chi connectivity index (χ3n) is 6.18. The van der Waals surface area contributed by atoms with Crippen LogP contribution >= 0.6 is 0 Å². The molecule has 2 heterocycles. The van der Waals surface area contributed by atoms with Crippen LogP contribution in [0.4, 0.5) is 5.82 Å². The van der Waals surface area contributed by atoms with Gasteiger partial charge in [0.05, 0.1) is 20.1 Å². The highest BCUT2D eigenvalue weighted by Gasteiger charge is 2.41. The number of methoxy groups -OCH3 is 2. The number of hydrogen-bond donors (Lipinski definition) is 2. The van der Waals surface area contributed by atoms with Crippen molar-refractivity contribution in [2.45, 2.75) is 39.5 Å². The van der Waals surface area contributed by atoms with Gasteiger partial charge in [0.1, 0.15) is 17.3 Å². The first-order valence-electron chi connectivity index (χ1n) is 11.0. The molecule has 0 spiro atoms. The van der Waals surface area contributed by atoms with Crippen molar-refractivity contribution in [3.8, 4) is 11.5 Å². The van der Waals surface area contributed by atoms with Crippen molar-refractivity contribution in [2.24, 2.45) is 5.92 Å². The summed E-state index contributed by atoms with van der Waals surface area (Å²) in [5.41, 5.74) is 4.37. The minimum absolute atomic E-state index is 0.0392.